The molecule has 168 valence electrons. The Labute approximate surface area is 196 Å². The van der Waals surface area contributed by atoms with Crippen molar-refractivity contribution in [3.05, 3.63) is 102 Å². The van der Waals surface area contributed by atoms with E-state index in [1.807, 2.05) is 42.5 Å². The van der Waals surface area contributed by atoms with Crippen LogP contribution in [0.5, 0.6) is 11.5 Å². The maximum atomic E-state index is 13.0. The standard InChI is InChI=1S/C27H21N3O4/c1-32-24-12-10-21(15-25(24)33-17-18-6-5-13-28-16-18)29-27(31)20-9-11-23-22(14-20)26(34-30-23)19-7-3-2-4-8-19/h2-16H,17H2,1H3,(H,29,31). The highest BCUT2D eigenvalue weighted by Gasteiger charge is 2.15. The molecule has 0 saturated heterocycles. The minimum absolute atomic E-state index is 0.259. The first-order valence-electron chi connectivity index (χ1n) is 10.7. The number of nitrogens with one attached hydrogen (secondary N) is 1. The van der Waals surface area contributed by atoms with Crippen molar-refractivity contribution in [3.63, 3.8) is 0 Å². The van der Waals surface area contributed by atoms with Gasteiger partial charge in [-0.25, -0.2) is 0 Å². The van der Waals surface area contributed by atoms with Crippen molar-refractivity contribution >= 4 is 22.5 Å². The molecule has 0 unspecified atom stereocenters. The van der Waals surface area contributed by atoms with Crippen LogP contribution < -0.4 is 14.8 Å². The molecule has 5 rings (SSSR count). The minimum Gasteiger partial charge on any atom is -0.493 e. The zero-order valence-corrected chi connectivity index (χ0v) is 18.4. The van der Waals surface area contributed by atoms with E-state index < -0.39 is 0 Å². The normalized spacial score (nSPS) is 10.7. The molecule has 1 N–H and O–H groups in total. The molecule has 2 heterocycles. The first kappa shape index (κ1) is 21.2. The summed E-state index contributed by atoms with van der Waals surface area (Å²) in [7, 11) is 1.57. The maximum Gasteiger partial charge on any atom is 0.255 e. The number of carbonyl (C=O) groups is 1. The zero-order valence-electron chi connectivity index (χ0n) is 18.4. The van der Waals surface area contributed by atoms with Gasteiger partial charge >= 0.3 is 0 Å². The third-order valence-corrected chi connectivity index (χ3v) is 5.31. The number of fused-ring (bicyclic) bond motifs is 1. The van der Waals surface area contributed by atoms with Gasteiger partial charge in [-0.15, -0.1) is 0 Å². The molecule has 0 radical (unpaired) electrons. The smallest absolute Gasteiger partial charge is 0.255 e. The number of benzene rings is 3. The van der Waals surface area contributed by atoms with E-state index >= 15 is 0 Å². The summed E-state index contributed by atoms with van der Waals surface area (Å²) in [5, 5.41) is 7.81. The lowest BCUT2D eigenvalue weighted by Crippen LogP contribution is -2.12. The van der Waals surface area contributed by atoms with Crippen LogP contribution in [0.15, 0.2) is 95.8 Å². The molecule has 0 spiro atoms. The predicted octanol–water partition coefficient (Wildman–Crippen LogP) is 5.73. The van der Waals surface area contributed by atoms with Crippen LogP contribution in [-0.2, 0) is 6.61 Å². The van der Waals surface area contributed by atoms with Crippen molar-refractivity contribution in [3.8, 4) is 22.8 Å². The number of amides is 1. The summed E-state index contributed by atoms with van der Waals surface area (Å²) in [6.07, 6.45) is 3.45. The van der Waals surface area contributed by atoms with Crippen LogP contribution in [0.1, 0.15) is 15.9 Å². The lowest BCUT2D eigenvalue weighted by atomic mass is 10.1. The van der Waals surface area contributed by atoms with Crippen LogP contribution >= 0.6 is 0 Å². The number of nitrogens with zero attached hydrogens (tertiary/aromatic N) is 2. The first-order chi connectivity index (χ1) is 16.7. The van der Waals surface area contributed by atoms with Gasteiger partial charge in [0, 0.05) is 40.8 Å². The van der Waals surface area contributed by atoms with Gasteiger partial charge in [-0.05, 0) is 36.4 Å². The Kier molecular flexibility index (Phi) is 5.90. The molecular formula is C27H21N3O4. The molecule has 0 atom stereocenters. The van der Waals surface area contributed by atoms with Crippen molar-refractivity contribution in [2.24, 2.45) is 0 Å². The van der Waals surface area contributed by atoms with Crippen LogP contribution in [0, 0.1) is 0 Å². The molecule has 7 nitrogen and oxygen atoms in total. The predicted molar refractivity (Wildman–Crippen MR) is 129 cm³/mol. The molecular weight excluding hydrogens is 430 g/mol. The minimum atomic E-state index is -0.259. The number of rotatable bonds is 7. The Morgan fingerprint density at radius 3 is 2.65 bits per heavy atom. The Bertz CT molecular complexity index is 1430. The van der Waals surface area contributed by atoms with Crippen LogP contribution in [0.2, 0.25) is 0 Å². The third-order valence-electron chi connectivity index (χ3n) is 5.31. The molecule has 34 heavy (non-hydrogen) atoms. The summed E-state index contributed by atoms with van der Waals surface area (Å²) in [5.41, 5.74) is 3.58. The Morgan fingerprint density at radius 1 is 0.971 bits per heavy atom. The lowest BCUT2D eigenvalue weighted by molar-refractivity contribution is 0.102. The average molecular weight is 451 g/mol. The van der Waals surface area contributed by atoms with Crippen molar-refractivity contribution < 1.29 is 18.8 Å². The second kappa shape index (κ2) is 9.46. The quantitative estimate of drug-likeness (QED) is 0.340. The largest absolute Gasteiger partial charge is 0.493 e. The summed E-state index contributed by atoms with van der Waals surface area (Å²) in [6.45, 7) is 0.327. The molecule has 1 amide bonds. The van der Waals surface area contributed by atoms with Gasteiger partial charge in [0.1, 0.15) is 12.1 Å². The maximum absolute atomic E-state index is 13.0. The third kappa shape index (κ3) is 4.45. The summed E-state index contributed by atoms with van der Waals surface area (Å²) in [5.74, 6) is 1.46. The monoisotopic (exact) mass is 451 g/mol. The molecule has 0 aliphatic rings. The van der Waals surface area contributed by atoms with Crippen LogP contribution in [0.4, 0.5) is 5.69 Å². The SMILES string of the molecule is COc1ccc(NC(=O)c2ccc3noc(-c4ccccc4)c3c2)cc1OCc1cccnc1. The number of pyridine rings is 1. The highest BCUT2D eigenvalue weighted by Crippen LogP contribution is 2.32. The molecule has 7 heteroatoms. The van der Waals surface area contributed by atoms with E-state index in [9.17, 15) is 4.79 Å². The Hall–Kier alpha value is -4.65. The highest BCUT2D eigenvalue weighted by atomic mass is 16.5. The fraction of sp³-hybridized carbons (Fsp3) is 0.0741. The van der Waals surface area contributed by atoms with Gasteiger partial charge in [0.25, 0.3) is 5.91 Å². The Morgan fingerprint density at radius 2 is 1.85 bits per heavy atom. The van der Waals surface area contributed by atoms with Gasteiger partial charge in [-0.3, -0.25) is 9.78 Å². The second-order valence-electron chi connectivity index (χ2n) is 7.58. The van der Waals surface area contributed by atoms with Gasteiger partial charge in [0.15, 0.2) is 17.3 Å². The number of aromatic nitrogens is 2. The van der Waals surface area contributed by atoms with Crippen molar-refractivity contribution in [1.29, 1.82) is 0 Å². The van der Waals surface area contributed by atoms with Gasteiger partial charge in [0.05, 0.1) is 12.5 Å². The number of hydrogen-bond donors (Lipinski definition) is 1. The molecule has 0 saturated carbocycles. The highest BCUT2D eigenvalue weighted by molar-refractivity contribution is 6.07. The molecule has 5 aromatic rings. The fourth-order valence-corrected chi connectivity index (χ4v) is 3.60. The van der Waals surface area contributed by atoms with Crippen LogP contribution in [0.25, 0.3) is 22.2 Å². The summed E-state index contributed by atoms with van der Waals surface area (Å²) < 4.78 is 16.9. The van der Waals surface area contributed by atoms with Gasteiger partial charge < -0.3 is 19.3 Å². The number of ether oxygens (including phenoxy) is 2. The zero-order chi connectivity index (χ0) is 23.3. The first-order valence-corrected chi connectivity index (χ1v) is 10.7. The number of methoxy groups -OCH3 is 1. The average Bonchev–Trinajstić information content (AvgIpc) is 3.32. The van der Waals surface area contributed by atoms with E-state index in [4.69, 9.17) is 14.0 Å². The number of anilines is 1. The van der Waals surface area contributed by atoms with Gasteiger partial charge in [-0.2, -0.15) is 0 Å². The van der Waals surface area contributed by atoms with Crippen molar-refractivity contribution in [1.82, 2.24) is 10.1 Å². The summed E-state index contributed by atoms with van der Waals surface area (Å²) in [4.78, 5) is 17.1. The summed E-state index contributed by atoms with van der Waals surface area (Å²) in [6, 6.07) is 24.0. The van der Waals surface area contributed by atoms with E-state index in [-0.39, 0.29) is 5.91 Å². The van der Waals surface area contributed by atoms with E-state index in [1.54, 1.807) is 55.9 Å². The molecule has 2 aromatic heterocycles. The van der Waals surface area contributed by atoms with Crippen LogP contribution in [0.3, 0.4) is 0 Å². The van der Waals surface area contributed by atoms with Crippen molar-refractivity contribution in [2.45, 2.75) is 6.61 Å². The number of carbonyl (C=O) groups excluding carboxylic acids is 1. The molecule has 0 aliphatic carbocycles. The van der Waals surface area contributed by atoms with E-state index in [1.165, 1.54) is 0 Å². The van der Waals surface area contributed by atoms with E-state index in [0.29, 0.717) is 40.6 Å². The van der Waals surface area contributed by atoms with Crippen LogP contribution in [-0.4, -0.2) is 23.2 Å². The molecule has 0 fully saturated rings. The topological polar surface area (TPSA) is 86.5 Å². The Balaban J connectivity index is 1.37. The molecule has 0 aliphatic heterocycles. The van der Waals surface area contributed by atoms with Gasteiger partial charge in [-0.1, -0.05) is 41.6 Å². The summed E-state index contributed by atoms with van der Waals surface area (Å²) >= 11 is 0. The van der Waals surface area contributed by atoms with Gasteiger partial charge in [0.2, 0.25) is 0 Å². The lowest BCUT2D eigenvalue weighted by Gasteiger charge is -2.13. The second-order valence-corrected chi connectivity index (χ2v) is 7.58. The van der Waals surface area contributed by atoms with Crippen molar-refractivity contribution in [2.75, 3.05) is 12.4 Å². The molecule has 3 aromatic carbocycles. The van der Waals surface area contributed by atoms with E-state index in [2.05, 4.69) is 15.5 Å². The molecule has 0 bridgehead atoms. The fourth-order valence-electron chi connectivity index (χ4n) is 3.60. The number of hydrogen-bond acceptors (Lipinski definition) is 6. The van der Waals surface area contributed by atoms with E-state index in [0.717, 1.165) is 16.5 Å².